The lowest BCUT2D eigenvalue weighted by atomic mass is 9.76. The van der Waals surface area contributed by atoms with E-state index >= 15 is 0 Å². The van der Waals surface area contributed by atoms with Crippen molar-refractivity contribution in [2.45, 2.75) is 101 Å². The van der Waals surface area contributed by atoms with Gasteiger partial charge in [0.2, 0.25) is 0 Å². The Morgan fingerprint density at radius 1 is 0.676 bits per heavy atom. The molecule has 0 rings (SSSR count). The van der Waals surface area contributed by atoms with E-state index in [4.69, 9.17) is 14.2 Å². The van der Waals surface area contributed by atoms with Crippen molar-refractivity contribution in [3.05, 3.63) is 0 Å². The summed E-state index contributed by atoms with van der Waals surface area (Å²) in [5.41, 5.74) is -2.06. The smallest absolute Gasteiger partial charge is 0.317 e. The summed E-state index contributed by atoms with van der Waals surface area (Å²) < 4.78 is 17.6. The lowest BCUT2D eigenvalue weighted by Crippen LogP contribution is -2.44. The topological polar surface area (TPSA) is 61.8 Å². The zero-order valence-electron chi connectivity index (χ0n) is 24.9. The molecule has 0 fully saturated rings. The van der Waals surface area contributed by atoms with Crippen molar-refractivity contribution in [2.24, 2.45) is 21.7 Å². The zero-order valence-corrected chi connectivity index (χ0v) is 25.8. The summed E-state index contributed by atoms with van der Waals surface area (Å²) in [6.07, 6.45) is 3.62. The van der Waals surface area contributed by atoms with Gasteiger partial charge < -0.3 is 14.2 Å². The summed E-state index contributed by atoms with van der Waals surface area (Å²) >= 11 is 0. The molecule has 0 aliphatic heterocycles. The van der Waals surface area contributed by atoms with Crippen molar-refractivity contribution < 1.29 is 23.8 Å². The summed E-state index contributed by atoms with van der Waals surface area (Å²) in [6.45, 7) is 29.9. The number of rotatable bonds is 15. The Kier molecular flexibility index (Phi) is 11.8. The normalized spacial score (nSPS) is 15.6. The van der Waals surface area contributed by atoms with Crippen LogP contribution in [0.2, 0.25) is 0 Å². The van der Waals surface area contributed by atoms with Crippen LogP contribution in [0.3, 0.4) is 0 Å². The summed E-state index contributed by atoms with van der Waals surface area (Å²) in [7, 11) is -0.924. The van der Waals surface area contributed by atoms with E-state index in [0.29, 0.717) is 13.0 Å². The summed E-state index contributed by atoms with van der Waals surface area (Å²) in [5.74, 6) is -0.688. The molecule has 0 aromatic carbocycles. The molecule has 1 unspecified atom stereocenters. The fraction of sp³-hybridized carbons (Fsp3) is 0.929. The number of carbonyl (C=O) groups is 2. The maximum absolute atomic E-state index is 13.4. The van der Waals surface area contributed by atoms with Crippen LogP contribution < -0.4 is 0 Å². The average Bonchev–Trinajstić information content (AvgIpc) is 2.65. The first kappa shape index (κ1) is 33.3. The Morgan fingerprint density at radius 2 is 1.18 bits per heavy atom. The summed E-state index contributed by atoms with van der Waals surface area (Å²) in [4.78, 5) is 26.0. The van der Waals surface area contributed by atoms with Crippen LogP contribution >= 0.6 is 7.26 Å². The third-order valence-electron chi connectivity index (χ3n) is 6.54. The van der Waals surface area contributed by atoms with Gasteiger partial charge in [-0.1, -0.05) is 41.5 Å². The number of esters is 2. The van der Waals surface area contributed by atoms with Gasteiger partial charge >= 0.3 is 11.9 Å². The predicted octanol–water partition coefficient (Wildman–Crippen LogP) is 7.07. The van der Waals surface area contributed by atoms with E-state index in [1.165, 1.54) is 6.16 Å². The summed E-state index contributed by atoms with van der Waals surface area (Å²) in [5, 5.41) is 0. The van der Waals surface area contributed by atoms with E-state index < -0.39 is 18.1 Å². The van der Waals surface area contributed by atoms with E-state index in [1.54, 1.807) is 6.92 Å². The Bertz CT molecular complexity index is 673. The molecule has 6 heteroatoms. The van der Waals surface area contributed by atoms with Crippen LogP contribution in [0.1, 0.15) is 95.4 Å². The Morgan fingerprint density at radius 3 is 1.62 bits per heavy atom. The zero-order chi connectivity index (χ0) is 27.2. The standard InChI is InChI=1S/C28H56O5P/c1-15-26(7,8)22(29)32-19-28(11,20-33-27(9,10)16-2)23(30)31-18-24(3,4)17-25(5,6)21-34(12,13)14/h15-21H2,1-14H3/q+1. The van der Waals surface area contributed by atoms with Gasteiger partial charge in [0, 0.05) is 27.3 Å². The van der Waals surface area contributed by atoms with Gasteiger partial charge in [-0.3, -0.25) is 9.59 Å². The third kappa shape index (κ3) is 12.3. The molecule has 0 saturated heterocycles. The van der Waals surface area contributed by atoms with Crippen molar-refractivity contribution in [1.82, 2.24) is 0 Å². The van der Waals surface area contributed by atoms with Gasteiger partial charge in [-0.2, -0.15) is 0 Å². The van der Waals surface area contributed by atoms with Crippen LogP contribution in [0.4, 0.5) is 0 Å². The molecule has 0 heterocycles. The molecule has 5 nitrogen and oxygen atoms in total. The van der Waals surface area contributed by atoms with Crippen molar-refractivity contribution in [1.29, 1.82) is 0 Å². The minimum absolute atomic E-state index is 0.0612. The van der Waals surface area contributed by atoms with E-state index in [1.807, 2.05) is 41.5 Å². The maximum Gasteiger partial charge on any atom is 0.317 e. The third-order valence-corrected chi connectivity index (χ3v) is 8.34. The largest absolute Gasteiger partial charge is 0.465 e. The lowest BCUT2D eigenvalue weighted by molar-refractivity contribution is -0.177. The molecule has 0 bridgehead atoms. The monoisotopic (exact) mass is 503 g/mol. The van der Waals surface area contributed by atoms with Crippen LogP contribution in [0.15, 0.2) is 0 Å². The van der Waals surface area contributed by atoms with Crippen molar-refractivity contribution >= 4 is 19.2 Å². The highest BCUT2D eigenvalue weighted by atomic mass is 31.2. The molecule has 0 radical (unpaired) electrons. The number of hydrogen-bond donors (Lipinski definition) is 0. The lowest BCUT2D eigenvalue weighted by Gasteiger charge is -2.37. The highest BCUT2D eigenvalue weighted by Crippen LogP contribution is 2.53. The molecular formula is C28H56O5P+. The van der Waals surface area contributed by atoms with Gasteiger partial charge in [0.15, 0.2) is 0 Å². The second-order valence-electron chi connectivity index (χ2n) is 14.3. The molecule has 0 amide bonds. The van der Waals surface area contributed by atoms with E-state index in [2.05, 4.69) is 47.7 Å². The van der Waals surface area contributed by atoms with Crippen LogP contribution in [-0.4, -0.2) is 63.5 Å². The van der Waals surface area contributed by atoms with Gasteiger partial charge in [-0.05, 0) is 64.7 Å². The highest BCUT2D eigenvalue weighted by molar-refractivity contribution is 7.73. The second kappa shape index (κ2) is 12.0. The fourth-order valence-corrected chi connectivity index (χ4v) is 6.98. The van der Waals surface area contributed by atoms with Crippen LogP contribution in [0.5, 0.6) is 0 Å². The van der Waals surface area contributed by atoms with Crippen LogP contribution in [0, 0.1) is 21.7 Å². The Hall–Kier alpha value is -0.670. The molecule has 202 valence electrons. The minimum atomic E-state index is -1.07. The number of ether oxygens (including phenoxy) is 3. The quantitative estimate of drug-likeness (QED) is 0.177. The van der Waals surface area contributed by atoms with Crippen molar-refractivity contribution in [2.75, 3.05) is 46.0 Å². The van der Waals surface area contributed by atoms with Gasteiger partial charge in [-0.15, -0.1) is 0 Å². The van der Waals surface area contributed by atoms with E-state index in [0.717, 1.165) is 12.8 Å². The van der Waals surface area contributed by atoms with Gasteiger partial charge in [0.1, 0.15) is 12.0 Å². The molecule has 0 aliphatic carbocycles. The molecule has 0 aliphatic rings. The van der Waals surface area contributed by atoms with Gasteiger partial charge in [0.05, 0.1) is 30.4 Å². The molecule has 0 aromatic heterocycles. The fourth-order valence-electron chi connectivity index (χ4n) is 4.30. The molecule has 0 spiro atoms. The van der Waals surface area contributed by atoms with Crippen LogP contribution in [-0.2, 0) is 23.8 Å². The molecule has 0 N–H and O–H groups in total. The SMILES string of the molecule is CCC(C)(C)OCC(C)(COC(=O)C(C)(C)CC)C(=O)OCC(C)(C)CC(C)(C)C[P+](C)(C)C. The molecule has 1 atom stereocenters. The first-order valence-electron chi connectivity index (χ1n) is 12.8. The first-order valence-corrected chi connectivity index (χ1v) is 16.1. The molecule has 0 aromatic rings. The van der Waals surface area contributed by atoms with Crippen molar-refractivity contribution in [3.63, 3.8) is 0 Å². The van der Waals surface area contributed by atoms with Crippen molar-refractivity contribution in [3.8, 4) is 0 Å². The number of hydrogen-bond acceptors (Lipinski definition) is 5. The first-order chi connectivity index (χ1) is 15.0. The van der Waals surface area contributed by atoms with Crippen LogP contribution in [0.25, 0.3) is 0 Å². The van der Waals surface area contributed by atoms with E-state index in [-0.39, 0.29) is 41.6 Å². The molecule has 34 heavy (non-hydrogen) atoms. The van der Waals surface area contributed by atoms with E-state index in [9.17, 15) is 9.59 Å². The molecule has 0 saturated carbocycles. The predicted molar refractivity (Wildman–Crippen MR) is 146 cm³/mol. The molecular weight excluding hydrogens is 447 g/mol. The highest BCUT2D eigenvalue weighted by Gasteiger charge is 2.42. The van der Waals surface area contributed by atoms with Gasteiger partial charge in [0.25, 0.3) is 0 Å². The summed E-state index contributed by atoms with van der Waals surface area (Å²) in [6, 6.07) is 0. The average molecular weight is 504 g/mol. The Balaban J connectivity index is 5.45. The Labute approximate surface area is 211 Å². The number of carbonyl (C=O) groups excluding carboxylic acids is 2. The second-order valence-corrected chi connectivity index (χ2v) is 19.2. The maximum atomic E-state index is 13.4. The minimum Gasteiger partial charge on any atom is -0.465 e. The van der Waals surface area contributed by atoms with Gasteiger partial charge in [-0.25, -0.2) is 0 Å².